The zero-order valence-electron chi connectivity index (χ0n) is 14.1. The Kier molecular flexibility index (Phi) is 3.95. The summed E-state index contributed by atoms with van der Waals surface area (Å²) >= 11 is 6.19. The SMILES string of the molecule is CC(C)n1c2ccc(C#Cc3ccccc3)cc2c2cc(Cl)cnc21. The van der Waals surface area contributed by atoms with Crippen LogP contribution < -0.4 is 0 Å². The molecule has 0 aliphatic carbocycles. The molecule has 0 aliphatic heterocycles. The number of halogens is 1. The first-order valence-corrected chi connectivity index (χ1v) is 8.67. The molecule has 0 unspecified atom stereocenters. The fourth-order valence-electron chi connectivity index (χ4n) is 3.16. The van der Waals surface area contributed by atoms with Gasteiger partial charge >= 0.3 is 0 Å². The van der Waals surface area contributed by atoms with Gasteiger partial charge in [0.1, 0.15) is 5.65 Å². The summed E-state index contributed by atoms with van der Waals surface area (Å²) in [4.78, 5) is 4.56. The van der Waals surface area contributed by atoms with Gasteiger partial charge in [0.05, 0.1) is 10.5 Å². The third-order valence-electron chi connectivity index (χ3n) is 4.25. The first kappa shape index (κ1) is 15.7. The second kappa shape index (κ2) is 6.27. The largest absolute Gasteiger partial charge is 0.323 e. The minimum atomic E-state index is 0.315. The standard InChI is InChI=1S/C22H17ClN2/c1-15(2)25-21-11-10-17(9-8-16-6-4-3-5-7-16)12-19(21)20-13-18(23)14-24-22(20)25/h3-7,10-15H,1-2H3. The van der Waals surface area contributed by atoms with Gasteiger partial charge in [-0.2, -0.15) is 0 Å². The molecule has 2 aromatic carbocycles. The van der Waals surface area contributed by atoms with E-state index in [1.165, 1.54) is 0 Å². The molecule has 122 valence electrons. The van der Waals surface area contributed by atoms with Crippen molar-refractivity contribution >= 4 is 33.5 Å². The molecule has 25 heavy (non-hydrogen) atoms. The van der Waals surface area contributed by atoms with Crippen LogP contribution >= 0.6 is 11.6 Å². The molecule has 0 radical (unpaired) electrons. The molecule has 4 aromatic rings. The van der Waals surface area contributed by atoms with Crippen LogP contribution in [0.15, 0.2) is 60.8 Å². The van der Waals surface area contributed by atoms with E-state index in [9.17, 15) is 0 Å². The van der Waals surface area contributed by atoms with Gasteiger partial charge in [-0.3, -0.25) is 0 Å². The number of rotatable bonds is 1. The lowest BCUT2D eigenvalue weighted by atomic mass is 10.1. The molecule has 0 amide bonds. The summed E-state index contributed by atoms with van der Waals surface area (Å²) in [5.74, 6) is 6.47. The van der Waals surface area contributed by atoms with Gasteiger partial charge in [-0.25, -0.2) is 4.98 Å². The van der Waals surface area contributed by atoms with Crippen molar-refractivity contribution in [1.82, 2.24) is 9.55 Å². The highest BCUT2D eigenvalue weighted by Gasteiger charge is 2.14. The normalized spacial score (nSPS) is 11.0. The van der Waals surface area contributed by atoms with Gasteiger partial charge in [0.25, 0.3) is 0 Å². The third-order valence-corrected chi connectivity index (χ3v) is 4.46. The van der Waals surface area contributed by atoms with E-state index in [0.29, 0.717) is 11.1 Å². The lowest BCUT2D eigenvalue weighted by Gasteiger charge is -2.10. The van der Waals surface area contributed by atoms with Gasteiger partial charge in [0, 0.05) is 34.1 Å². The van der Waals surface area contributed by atoms with Crippen molar-refractivity contribution in [3.63, 3.8) is 0 Å². The van der Waals surface area contributed by atoms with Crippen molar-refractivity contribution < 1.29 is 0 Å². The van der Waals surface area contributed by atoms with E-state index in [1.54, 1.807) is 6.20 Å². The number of fused-ring (bicyclic) bond motifs is 3. The van der Waals surface area contributed by atoms with Crippen LogP contribution in [0.3, 0.4) is 0 Å². The molecule has 0 atom stereocenters. The maximum Gasteiger partial charge on any atom is 0.141 e. The fourth-order valence-corrected chi connectivity index (χ4v) is 3.32. The van der Waals surface area contributed by atoms with Crippen LogP contribution in [0.1, 0.15) is 31.0 Å². The number of hydrogen-bond donors (Lipinski definition) is 0. The highest BCUT2D eigenvalue weighted by atomic mass is 35.5. The lowest BCUT2D eigenvalue weighted by Crippen LogP contribution is -2.00. The number of benzene rings is 2. The van der Waals surface area contributed by atoms with E-state index in [1.807, 2.05) is 36.4 Å². The molecule has 2 aromatic heterocycles. The third kappa shape index (κ3) is 2.88. The van der Waals surface area contributed by atoms with Gasteiger partial charge in [-0.15, -0.1) is 0 Å². The Labute approximate surface area is 152 Å². The van der Waals surface area contributed by atoms with Crippen LogP contribution in [-0.2, 0) is 0 Å². The molecule has 0 fully saturated rings. The molecule has 3 heteroatoms. The van der Waals surface area contributed by atoms with E-state index >= 15 is 0 Å². The Morgan fingerprint density at radius 2 is 1.68 bits per heavy atom. The monoisotopic (exact) mass is 344 g/mol. The zero-order valence-corrected chi connectivity index (χ0v) is 14.9. The minimum Gasteiger partial charge on any atom is -0.323 e. The molecule has 2 heterocycles. The van der Waals surface area contributed by atoms with Crippen LogP contribution in [0, 0.1) is 11.8 Å². The van der Waals surface area contributed by atoms with Gasteiger partial charge < -0.3 is 4.57 Å². The van der Waals surface area contributed by atoms with Gasteiger partial charge in [-0.05, 0) is 50.2 Å². The molecule has 0 N–H and O–H groups in total. The molecule has 0 aliphatic rings. The first-order valence-electron chi connectivity index (χ1n) is 8.30. The molecular weight excluding hydrogens is 328 g/mol. The number of hydrogen-bond acceptors (Lipinski definition) is 1. The Hall–Kier alpha value is -2.76. The predicted octanol–water partition coefficient (Wildman–Crippen LogP) is 5.82. The van der Waals surface area contributed by atoms with E-state index in [-0.39, 0.29) is 0 Å². The van der Waals surface area contributed by atoms with Crippen molar-refractivity contribution in [3.05, 3.63) is 76.9 Å². The number of aromatic nitrogens is 2. The van der Waals surface area contributed by atoms with Crippen molar-refractivity contribution in [2.75, 3.05) is 0 Å². The van der Waals surface area contributed by atoms with Crippen LogP contribution in [-0.4, -0.2) is 9.55 Å². The Balaban J connectivity index is 1.92. The smallest absolute Gasteiger partial charge is 0.141 e. The van der Waals surface area contributed by atoms with Crippen LogP contribution in [0.25, 0.3) is 21.9 Å². The maximum absolute atomic E-state index is 6.19. The summed E-state index contributed by atoms with van der Waals surface area (Å²) in [5.41, 5.74) is 4.11. The van der Waals surface area contributed by atoms with Gasteiger partial charge in [-0.1, -0.05) is 41.6 Å². The fraction of sp³-hybridized carbons (Fsp3) is 0.136. The number of pyridine rings is 1. The highest BCUT2D eigenvalue weighted by Crippen LogP contribution is 2.32. The molecule has 4 rings (SSSR count). The quantitative estimate of drug-likeness (QED) is 0.397. The first-order chi connectivity index (χ1) is 12.1. The summed E-state index contributed by atoms with van der Waals surface area (Å²) in [6.07, 6.45) is 1.71. The molecule has 0 bridgehead atoms. The van der Waals surface area contributed by atoms with E-state index in [4.69, 9.17) is 11.6 Å². The van der Waals surface area contributed by atoms with Crippen molar-refractivity contribution in [1.29, 1.82) is 0 Å². The number of nitrogens with zero attached hydrogens (tertiary/aromatic N) is 2. The van der Waals surface area contributed by atoms with E-state index in [2.05, 4.69) is 53.4 Å². The Morgan fingerprint density at radius 1 is 0.920 bits per heavy atom. The second-order valence-corrected chi connectivity index (χ2v) is 6.77. The average molecular weight is 345 g/mol. The van der Waals surface area contributed by atoms with Crippen LogP contribution in [0.5, 0.6) is 0 Å². The average Bonchev–Trinajstić information content (AvgIpc) is 2.94. The van der Waals surface area contributed by atoms with E-state index in [0.717, 1.165) is 33.1 Å². The van der Waals surface area contributed by atoms with Crippen molar-refractivity contribution in [2.45, 2.75) is 19.9 Å². The van der Waals surface area contributed by atoms with Crippen molar-refractivity contribution in [2.24, 2.45) is 0 Å². The van der Waals surface area contributed by atoms with Crippen LogP contribution in [0.2, 0.25) is 5.02 Å². The minimum absolute atomic E-state index is 0.315. The van der Waals surface area contributed by atoms with Gasteiger partial charge in [0.15, 0.2) is 0 Å². The Bertz CT molecular complexity index is 1130. The topological polar surface area (TPSA) is 17.8 Å². The summed E-state index contributed by atoms with van der Waals surface area (Å²) in [7, 11) is 0. The summed E-state index contributed by atoms with van der Waals surface area (Å²) < 4.78 is 2.25. The Morgan fingerprint density at radius 3 is 2.44 bits per heavy atom. The lowest BCUT2D eigenvalue weighted by molar-refractivity contribution is 0.637. The molecular formula is C22H17ClN2. The summed E-state index contributed by atoms with van der Waals surface area (Å²) in [6.45, 7) is 4.33. The molecule has 0 saturated heterocycles. The summed E-state index contributed by atoms with van der Waals surface area (Å²) in [6, 6.07) is 18.6. The maximum atomic E-state index is 6.19. The predicted molar refractivity (Wildman–Crippen MR) is 105 cm³/mol. The highest BCUT2D eigenvalue weighted by molar-refractivity contribution is 6.31. The van der Waals surface area contributed by atoms with Gasteiger partial charge in [0.2, 0.25) is 0 Å². The van der Waals surface area contributed by atoms with E-state index < -0.39 is 0 Å². The zero-order chi connectivity index (χ0) is 17.4. The van der Waals surface area contributed by atoms with Crippen molar-refractivity contribution in [3.8, 4) is 11.8 Å². The second-order valence-electron chi connectivity index (χ2n) is 6.34. The molecule has 2 nitrogen and oxygen atoms in total. The molecule has 0 saturated carbocycles. The van der Waals surface area contributed by atoms with Crippen LogP contribution in [0.4, 0.5) is 0 Å². The summed E-state index contributed by atoms with van der Waals surface area (Å²) in [5, 5.41) is 2.86. The molecule has 0 spiro atoms.